The SMILES string of the molecule is C=CCCCOC(=O)[C@H]1[C@@H]2OC3(CC2Br)C(C(=O)N(CC=C)C2CCCCC2)N([C@H](CO)c2ccccc2)C(=O)[C@H]13. The Labute approximate surface area is 250 Å². The van der Waals surface area contributed by atoms with Crippen molar-refractivity contribution in [3.63, 3.8) is 0 Å². The molecule has 5 rings (SSSR count). The van der Waals surface area contributed by atoms with Gasteiger partial charge in [0.1, 0.15) is 11.6 Å². The van der Waals surface area contributed by atoms with E-state index in [1.54, 1.807) is 12.2 Å². The molecule has 1 aromatic rings. The number of benzene rings is 1. The molecular formula is C32H41BrN2O6. The molecule has 3 aliphatic heterocycles. The van der Waals surface area contributed by atoms with E-state index >= 15 is 0 Å². The highest BCUT2D eigenvalue weighted by atomic mass is 79.9. The predicted molar refractivity (Wildman–Crippen MR) is 158 cm³/mol. The Morgan fingerprint density at radius 1 is 1.20 bits per heavy atom. The van der Waals surface area contributed by atoms with Crippen LogP contribution in [0, 0.1) is 11.8 Å². The highest BCUT2D eigenvalue weighted by Crippen LogP contribution is 2.61. The van der Waals surface area contributed by atoms with Crippen LogP contribution >= 0.6 is 15.9 Å². The minimum atomic E-state index is -1.21. The van der Waals surface area contributed by atoms with Crippen LogP contribution in [-0.4, -0.2) is 81.1 Å². The second-order valence-corrected chi connectivity index (χ2v) is 12.9. The number of hydrogen-bond donors (Lipinski definition) is 1. The van der Waals surface area contributed by atoms with Crippen LogP contribution in [0.3, 0.4) is 0 Å². The first kappa shape index (κ1) is 30.0. The van der Waals surface area contributed by atoms with Crippen molar-refractivity contribution in [2.45, 2.75) is 86.0 Å². The number of aliphatic hydroxyl groups excluding tert-OH is 1. The van der Waals surface area contributed by atoms with E-state index in [9.17, 15) is 19.5 Å². The van der Waals surface area contributed by atoms with Gasteiger partial charge >= 0.3 is 5.97 Å². The van der Waals surface area contributed by atoms with Crippen LogP contribution in [0.4, 0.5) is 0 Å². The van der Waals surface area contributed by atoms with Crippen molar-refractivity contribution in [3.05, 3.63) is 61.2 Å². The maximum atomic E-state index is 14.8. The van der Waals surface area contributed by atoms with Crippen LogP contribution in [0.25, 0.3) is 0 Å². The molecule has 41 heavy (non-hydrogen) atoms. The Hall–Kier alpha value is -2.49. The first-order valence-electron chi connectivity index (χ1n) is 14.9. The van der Waals surface area contributed by atoms with Crippen molar-refractivity contribution in [3.8, 4) is 0 Å². The van der Waals surface area contributed by atoms with Crippen LogP contribution in [-0.2, 0) is 23.9 Å². The summed E-state index contributed by atoms with van der Waals surface area (Å²) in [5, 5.41) is 10.7. The number of rotatable bonds is 12. The molecule has 3 unspecified atom stereocenters. The van der Waals surface area contributed by atoms with Crippen LogP contribution < -0.4 is 0 Å². The fraction of sp³-hybridized carbons (Fsp3) is 0.594. The quantitative estimate of drug-likeness (QED) is 0.160. The van der Waals surface area contributed by atoms with Crippen LogP contribution in [0.5, 0.6) is 0 Å². The maximum absolute atomic E-state index is 14.8. The number of aliphatic hydroxyl groups is 1. The van der Waals surface area contributed by atoms with Crippen molar-refractivity contribution >= 4 is 33.7 Å². The molecule has 4 aliphatic rings. The number of nitrogens with zero attached hydrogens (tertiary/aromatic N) is 2. The number of halogens is 1. The monoisotopic (exact) mass is 628 g/mol. The van der Waals surface area contributed by atoms with E-state index in [0.29, 0.717) is 25.8 Å². The normalized spacial score (nSPS) is 31.5. The summed E-state index contributed by atoms with van der Waals surface area (Å²) in [6.45, 7) is 7.84. The first-order valence-corrected chi connectivity index (χ1v) is 15.8. The molecule has 2 amide bonds. The Morgan fingerprint density at radius 3 is 2.59 bits per heavy atom. The van der Waals surface area contributed by atoms with Crippen LogP contribution in [0.15, 0.2) is 55.6 Å². The fourth-order valence-corrected chi connectivity index (χ4v) is 8.53. The van der Waals surface area contributed by atoms with E-state index < -0.39 is 41.6 Å². The highest BCUT2D eigenvalue weighted by molar-refractivity contribution is 9.09. The third kappa shape index (κ3) is 5.30. The lowest BCUT2D eigenvalue weighted by Crippen LogP contribution is -2.59. The topological polar surface area (TPSA) is 96.4 Å². The van der Waals surface area contributed by atoms with Gasteiger partial charge < -0.3 is 24.4 Å². The predicted octanol–water partition coefficient (Wildman–Crippen LogP) is 4.32. The lowest BCUT2D eigenvalue weighted by Gasteiger charge is -2.42. The molecule has 1 spiro atoms. The van der Waals surface area contributed by atoms with Gasteiger partial charge in [-0.1, -0.05) is 77.7 Å². The number of allylic oxidation sites excluding steroid dienone is 1. The molecule has 7 atom stereocenters. The second-order valence-electron chi connectivity index (χ2n) is 11.7. The molecule has 1 aliphatic carbocycles. The van der Waals surface area contributed by atoms with E-state index in [0.717, 1.165) is 37.7 Å². The molecular weight excluding hydrogens is 588 g/mol. The molecule has 4 fully saturated rings. The average Bonchev–Trinajstić information content (AvgIpc) is 3.58. The fourth-order valence-electron chi connectivity index (χ4n) is 7.59. The summed E-state index contributed by atoms with van der Waals surface area (Å²) in [4.78, 5) is 46.0. The first-order chi connectivity index (χ1) is 19.9. The summed E-state index contributed by atoms with van der Waals surface area (Å²) in [6.07, 6.45) is 9.67. The van der Waals surface area contributed by atoms with Crippen LogP contribution in [0.2, 0.25) is 0 Å². The van der Waals surface area contributed by atoms with E-state index in [1.807, 2.05) is 35.2 Å². The van der Waals surface area contributed by atoms with Gasteiger partial charge in [-0.3, -0.25) is 14.4 Å². The van der Waals surface area contributed by atoms with Gasteiger partial charge in [0.15, 0.2) is 0 Å². The number of esters is 1. The van der Waals surface area contributed by atoms with Gasteiger partial charge in [-0.15, -0.1) is 13.2 Å². The number of fused-ring (bicyclic) bond motifs is 1. The Balaban J connectivity index is 1.57. The molecule has 9 heteroatoms. The van der Waals surface area contributed by atoms with Crippen molar-refractivity contribution < 1.29 is 29.0 Å². The molecule has 222 valence electrons. The third-order valence-corrected chi connectivity index (χ3v) is 10.2. The molecule has 0 radical (unpaired) electrons. The summed E-state index contributed by atoms with van der Waals surface area (Å²) < 4.78 is 12.3. The minimum Gasteiger partial charge on any atom is -0.465 e. The van der Waals surface area contributed by atoms with E-state index in [4.69, 9.17) is 9.47 Å². The molecule has 8 nitrogen and oxygen atoms in total. The number of carbonyl (C=O) groups excluding carboxylic acids is 3. The number of likely N-dealkylation sites (tertiary alicyclic amines) is 1. The van der Waals surface area contributed by atoms with Gasteiger partial charge in [0.25, 0.3) is 0 Å². The standard InChI is InChI=1S/C32H41BrN2O6/c1-3-5-12-18-40-31(39)25-26-29(37)35(24(20-36)21-13-8-6-9-14-21)28(32(26)19-23(33)27(25)41-32)30(38)34(17-4-2)22-15-10-7-11-16-22/h3-4,6,8-9,13-14,22-28,36H,1-2,5,7,10-12,15-20H2/t23?,24-,25-,26+,27-,28?,32?/m1/s1. The number of alkyl halides is 1. The maximum Gasteiger partial charge on any atom is 0.312 e. The Kier molecular flexibility index (Phi) is 9.36. The van der Waals surface area contributed by atoms with Gasteiger partial charge in [-0.05, 0) is 37.7 Å². The Morgan fingerprint density at radius 2 is 1.93 bits per heavy atom. The lowest BCUT2D eigenvalue weighted by atomic mass is 9.70. The van der Waals surface area contributed by atoms with Gasteiger partial charge in [0.2, 0.25) is 11.8 Å². The summed E-state index contributed by atoms with van der Waals surface area (Å²) in [5.41, 5.74) is -0.493. The van der Waals surface area contributed by atoms with Gasteiger partial charge in [0, 0.05) is 17.4 Å². The van der Waals surface area contributed by atoms with E-state index in [1.165, 1.54) is 4.90 Å². The van der Waals surface area contributed by atoms with Gasteiger partial charge in [0.05, 0.1) is 37.2 Å². The van der Waals surface area contributed by atoms with Crippen molar-refractivity contribution in [1.82, 2.24) is 9.80 Å². The number of unbranched alkanes of at least 4 members (excludes halogenated alkanes) is 1. The summed E-state index contributed by atoms with van der Waals surface area (Å²) in [5.74, 6) is -2.75. The van der Waals surface area contributed by atoms with Crippen molar-refractivity contribution in [2.75, 3.05) is 19.8 Å². The van der Waals surface area contributed by atoms with E-state index in [-0.39, 0.29) is 35.9 Å². The van der Waals surface area contributed by atoms with Gasteiger partial charge in [-0.25, -0.2) is 0 Å². The van der Waals surface area contributed by atoms with Crippen molar-refractivity contribution in [1.29, 1.82) is 0 Å². The van der Waals surface area contributed by atoms with Crippen molar-refractivity contribution in [2.24, 2.45) is 11.8 Å². The zero-order chi connectivity index (χ0) is 29.1. The average molecular weight is 630 g/mol. The largest absolute Gasteiger partial charge is 0.465 e. The molecule has 1 aromatic carbocycles. The lowest BCUT2D eigenvalue weighted by molar-refractivity contribution is -0.157. The summed E-state index contributed by atoms with van der Waals surface area (Å²) in [6, 6.07) is 7.53. The smallest absolute Gasteiger partial charge is 0.312 e. The third-order valence-electron chi connectivity index (χ3n) is 9.35. The number of ether oxygens (including phenoxy) is 2. The van der Waals surface area contributed by atoms with E-state index in [2.05, 4.69) is 29.1 Å². The zero-order valence-electron chi connectivity index (χ0n) is 23.5. The zero-order valence-corrected chi connectivity index (χ0v) is 25.1. The number of carbonyl (C=O) groups is 3. The second kappa shape index (κ2) is 12.8. The van der Waals surface area contributed by atoms with Gasteiger partial charge in [-0.2, -0.15) is 0 Å². The summed E-state index contributed by atoms with van der Waals surface area (Å²) >= 11 is 3.72. The molecule has 0 aromatic heterocycles. The Bertz CT molecular complexity index is 1140. The number of hydrogen-bond acceptors (Lipinski definition) is 6. The van der Waals surface area contributed by atoms with Crippen LogP contribution in [0.1, 0.15) is 63.0 Å². The highest BCUT2D eigenvalue weighted by Gasteiger charge is 2.77. The molecule has 2 bridgehead atoms. The minimum absolute atomic E-state index is 0.0370. The number of amides is 2. The molecule has 1 N–H and O–H groups in total. The molecule has 3 saturated heterocycles. The molecule has 3 heterocycles. The molecule has 1 saturated carbocycles. The summed E-state index contributed by atoms with van der Waals surface area (Å²) in [7, 11) is 0.